The fraction of sp³-hybridized carbons (Fsp3) is 0.182. The van der Waals surface area contributed by atoms with E-state index in [-0.39, 0.29) is 10.7 Å². The van der Waals surface area contributed by atoms with Gasteiger partial charge < -0.3 is 4.52 Å². The van der Waals surface area contributed by atoms with Crippen LogP contribution in [0.3, 0.4) is 0 Å². The molecule has 8 heteroatoms. The molecule has 5 nitrogen and oxygen atoms in total. The van der Waals surface area contributed by atoms with E-state index in [0.29, 0.717) is 20.9 Å². The molecular weight excluding hydrogens is 356 g/mol. The van der Waals surface area contributed by atoms with Gasteiger partial charge in [-0.25, -0.2) is 8.42 Å². The van der Waals surface area contributed by atoms with Crippen LogP contribution < -0.4 is 4.72 Å². The molecule has 0 saturated heterocycles. The van der Waals surface area contributed by atoms with Crippen molar-refractivity contribution in [3.8, 4) is 0 Å². The summed E-state index contributed by atoms with van der Waals surface area (Å²) < 4.78 is 32.4. The Morgan fingerprint density at radius 1 is 1.37 bits per heavy atom. The van der Waals surface area contributed by atoms with E-state index in [0.717, 1.165) is 0 Å². The number of benzene rings is 1. The van der Waals surface area contributed by atoms with Crippen LogP contribution in [0.25, 0.3) is 0 Å². The maximum Gasteiger partial charge on any atom is 0.267 e. The van der Waals surface area contributed by atoms with Gasteiger partial charge in [0.25, 0.3) is 10.0 Å². The molecule has 0 spiro atoms. The zero-order chi connectivity index (χ0) is 14.2. The predicted octanol–water partition coefficient (Wildman–Crippen LogP) is 3.51. The fourth-order valence-corrected chi connectivity index (χ4v) is 3.50. The van der Waals surface area contributed by atoms with Crippen LogP contribution in [0.4, 0.5) is 5.69 Å². The summed E-state index contributed by atoms with van der Waals surface area (Å²) in [5, 5.41) is 4.13. The van der Waals surface area contributed by atoms with Crippen molar-refractivity contribution in [2.45, 2.75) is 18.7 Å². The van der Waals surface area contributed by atoms with Gasteiger partial charge in [0.1, 0.15) is 5.69 Å². The molecule has 0 aliphatic carbocycles. The maximum atomic E-state index is 12.2. The molecule has 1 aromatic heterocycles. The number of nitrogens with one attached hydrogen (secondary N) is 1. The smallest absolute Gasteiger partial charge is 0.267 e. The van der Waals surface area contributed by atoms with E-state index in [1.165, 1.54) is 0 Å². The Bertz CT molecular complexity index is 708. The van der Waals surface area contributed by atoms with E-state index in [1.54, 1.807) is 32.0 Å². The van der Waals surface area contributed by atoms with Gasteiger partial charge in [-0.15, -0.1) is 0 Å². The summed E-state index contributed by atoms with van der Waals surface area (Å²) in [6.07, 6.45) is 0. The number of hydrogen-bond donors (Lipinski definition) is 1. The summed E-state index contributed by atoms with van der Waals surface area (Å²) in [6, 6.07) is 4.75. The Labute approximate surface area is 124 Å². The molecular formula is C11H10BrClN2O3S. The fourth-order valence-electron chi connectivity index (χ4n) is 1.62. The van der Waals surface area contributed by atoms with Crippen molar-refractivity contribution >= 4 is 43.2 Å². The quantitative estimate of drug-likeness (QED) is 0.903. The van der Waals surface area contributed by atoms with Crippen molar-refractivity contribution in [2.75, 3.05) is 4.72 Å². The topological polar surface area (TPSA) is 72.2 Å². The summed E-state index contributed by atoms with van der Waals surface area (Å²) in [5.74, 6) is 0.248. The number of sulfonamides is 1. The predicted molar refractivity (Wildman–Crippen MR) is 75.9 cm³/mol. The monoisotopic (exact) mass is 364 g/mol. The van der Waals surface area contributed by atoms with Gasteiger partial charge in [-0.3, -0.25) is 4.72 Å². The zero-order valence-electron chi connectivity index (χ0n) is 10.1. The SMILES string of the molecule is Cc1noc(C)c1S(=O)(=O)Nc1ccc(Cl)c(Br)c1. The number of anilines is 1. The Balaban J connectivity index is 2.39. The molecule has 0 fully saturated rings. The van der Waals surface area contributed by atoms with Crippen molar-refractivity contribution in [3.05, 3.63) is 39.1 Å². The molecule has 0 atom stereocenters. The highest BCUT2D eigenvalue weighted by Crippen LogP contribution is 2.28. The van der Waals surface area contributed by atoms with E-state index < -0.39 is 10.0 Å². The largest absolute Gasteiger partial charge is 0.360 e. The normalized spacial score (nSPS) is 11.6. The highest BCUT2D eigenvalue weighted by atomic mass is 79.9. The Morgan fingerprint density at radius 2 is 2.05 bits per heavy atom. The van der Waals surface area contributed by atoms with E-state index >= 15 is 0 Å². The van der Waals surface area contributed by atoms with Crippen LogP contribution in [0.1, 0.15) is 11.5 Å². The van der Waals surface area contributed by atoms with Crippen molar-refractivity contribution in [1.82, 2.24) is 5.16 Å². The summed E-state index contributed by atoms with van der Waals surface area (Å²) in [6.45, 7) is 3.12. The standard InChI is InChI=1S/C11H10BrClN2O3S/c1-6-11(7(2)18-14-6)19(16,17)15-8-3-4-10(13)9(12)5-8/h3-5,15H,1-2H3. The molecule has 2 aromatic rings. The van der Waals surface area contributed by atoms with Crippen LogP contribution in [-0.2, 0) is 10.0 Å². The summed E-state index contributed by atoms with van der Waals surface area (Å²) in [5.41, 5.74) is 0.717. The Kier molecular flexibility index (Phi) is 3.89. The van der Waals surface area contributed by atoms with Crippen LogP contribution in [0.15, 0.2) is 32.1 Å². The van der Waals surface area contributed by atoms with Crippen LogP contribution in [0.2, 0.25) is 5.02 Å². The lowest BCUT2D eigenvalue weighted by atomic mass is 10.3. The minimum Gasteiger partial charge on any atom is -0.360 e. The molecule has 0 amide bonds. The van der Waals surface area contributed by atoms with E-state index in [4.69, 9.17) is 16.1 Å². The lowest BCUT2D eigenvalue weighted by molar-refractivity contribution is 0.390. The molecule has 0 bridgehead atoms. The third kappa shape index (κ3) is 2.93. The number of hydrogen-bond acceptors (Lipinski definition) is 4. The summed E-state index contributed by atoms with van der Waals surface area (Å²) in [4.78, 5) is 0.0542. The third-order valence-electron chi connectivity index (χ3n) is 2.41. The van der Waals surface area contributed by atoms with Crippen LogP contribution >= 0.6 is 27.5 Å². The van der Waals surface area contributed by atoms with Gasteiger partial charge in [0, 0.05) is 4.47 Å². The van der Waals surface area contributed by atoms with Crippen LogP contribution in [0, 0.1) is 13.8 Å². The molecule has 0 saturated carbocycles. The van der Waals surface area contributed by atoms with Crippen molar-refractivity contribution in [3.63, 3.8) is 0 Å². The molecule has 19 heavy (non-hydrogen) atoms. The van der Waals surface area contributed by atoms with Crippen molar-refractivity contribution in [2.24, 2.45) is 0 Å². The number of aryl methyl sites for hydroxylation is 2. The van der Waals surface area contributed by atoms with E-state index in [9.17, 15) is 8.42 Å². The first-order valence-electron chi connectivity index (χ1n) is 5.22. The van der Waals surface area contributed by atoms with Crippen LogP contribution in [-0.4, -0.2) is 13.6 Å². The first-order chi connectivity index (χ1) is 8.81. The van der Waals surface area contributed by atoms with Gasteiger partial charge in [-0.1, -0.05) is 16.8 Å². The Morgan fingerprint density at radius 3 is 2.58 bits per heavy atom. The summed E-state index contributed by atoms with van der Waals surface area (Å²) >= 11 is 9.09. The number of halogens is 2. The molecule has 0 aliphatic rings. The van der Waals surface area contributed by atoms with Gasteiger partial charge >= 0.3 is 0 Å². The maximum absolute atomic E-state index is 12.2. The molecule has 102 valence electrons. The van der Waals surface area contributed by atoms with Gasteiger partial charge in [-0.2, -0.15) is 0 Å². The minimum absolute atomic E-state index is 0.0542. The molecule has 0 radical (unpaired) electrons. The molecule has 0 aliphatic heterocycles. The van der Waals surface area contributed by atoms with Gasteiger partial charge in [0.2, 0.25) is 0 Å². The van der Waals surface area contributed by atoms with Crippen LogP contribution in [0.5, 0.6) is 0 Å². The molecule has 1 N–H and O–H groups in total. The molecule has 2 rings (SSSR count). The second-order valence-electron chi connectivity index (χ2n) is 3.89. The second kappa shape index (κ2) is 5.15. The zero-order valence-corrected chi connectivity index (χ0v) is 13.2. The lowest BCUT2D eigenvalue weighted by Gasteiger charge is -2.08. The first-order valence-corrected chi connectivity index (χ1v) is 7.87. The number of rotatable bonds is 3. The number of aromatic nitrogens is 1. The second-order valence-corrected chi connectivity index (χ2v) is 6.77. The Hall–Kier alpha value is -1.05. The number of nitrogens with zero attached hydrogens (tertiary/aromatic N) is 1. The average Bonchev–Trinajstić information content (AvgIpc) is 2.64. The molecule has 1 aromatic carbocycles. The highest BCUT2D eigenvalue weighted by Gasteiger charge is 2.24. The highest BCUT2D eigenvalue weighted by molar-refractivity contribution is 9.10. The molecule has 0 unspecified atom stereocenters. The van der Waals surface area contributed by atoms with E-state index in [2.05, 4.69) is 25.8 Å². The minimum atomic E-state index is -3.73. The van der Waals surface area contributed by atoms with Gasteiger partial charge in [-0.05, 0) is 48.0 Å². The molecule has 1 heterocycles. The van der Waals surface area contributed by atoms with E-state index in [1.807, 2.05) is 0 Å². The van der Waals surface area contributed by atoms with Gasteiger partial charge in [0.05, 0.1) is 10.7 Å². The van der Waals surface area contributed by atoms with Crippen molar-refractivity contribution in [1.29, 1.82) is 0 Å². The van der Waals surface area contributed by atoms with Crippen molar-refractivity contribution < 1.29 is 12.9 Å². The first kappa shape index (κ1) is 14.4. The average molecular weight is 366 g/mol. The lowest BCUT2D eigenvalue weighted by Crippen LogP contribution is -2.14. The van der Waals surface area contributed by atoms with Gasteiger partial charge in [0.15, 0.2) is 10.7 Å². The third-order valence-corrected chi connectivity index (χ3v) is 5.25. The summed E-state index contributed by atoms with van der Waals surface area (Å²) in [7, 11) is -3.73.